The van der Waals surface area contributed by atoms with Crippen LogP contribution in [0.5, 0.6) is 0 Å². The van der Waals surface area contributed by atoms with Gasteiger partial charge in [0.25, 0.3) is 0 Å². The molecular formula is C11H18N2O2S. The van der Waals surface area contributed by atoms with E-state index in [0.717, 1.165) is 15.7 Å². The number of anilines is 1. The molecule has 1 unspecified atom stereocenters. The normalized spacial score (nSPS) is 12.6. The molecular weight excluding hydrogens is 224 g/mol. The molecule has 1 atom stereocenters. The third-order valence-electron chi connectivity index (χ3n) is 2.43. The number of thiazole rings is 1. The predicted octanol–water partition coefficient (Wildman–Crippen LogP) is 2.37. The first-order valence-electron chi connectivity index (χ1n) is 5.24. The second-order valence-electron chi connectivity index (χ2n) is 4.05. The highest BCUT2D eigenvalue weighted by Gasteiger charge is 2.23. The summed E-state index contributed by atoms with van der Waals surface area (Å²) in [5, 5.41) is 3.90. The molecule has 0 amide bonds. The Morgan fingerprint density at radius 2 is 2.06 bits per heavy atom. The largest absolute Gasteiger partial charge is 0.467 e. The average molecular weight is 242 g/mol. The molecule has 90 valence electrons. The molecule has 1 aromatic heterocycles. The van der Waals surface area contributed by atoms with Crippen LogP contribution in [0.1, 0.15) is 24.4 Å². The van der Waals surface area contributed by atoms with Gasteiger partial charge in [-0.3, -0.25) is 0 Å². The minimum atomic E-state index is -0.338. The van der Waals surface area contributed by atoms with Gasteiger partial charge in [-0.25, -0.2) is 9.78 Å². The van der Waals surface area contributed by atoms with Gasteiger partial charge in [-0.1, -0.05) is 13.8 Å². The van der Waals surface area contributed by atoms with Gasteiger partial charge < -0.3 is 10.1 Å². The zero-order valence-corrected chi connectivity index (χ0v) is 11.1. The quantitative estimate of drug-likeness (QED) is 0.824. The lowest BCUT2D eigenvalue weighted by Crippen LogP contribution is -2.35. The van der Waals surface area contributed by atoms with E-state index in [9.17, 15) is 4.79 Å². The van der Waals surface area contributed by atoms with E-state index in [1.807, 2.05) is 27.7 Å². The first-order valence-corrected chi connectivity index (χ1v) is 6.05. The number of methoxy groups -OCH3 is 1. The van der Waals surface area contributed by atoms with Crippen molar-refractivity contribution < 1.29 is 9.53 Å². The van der Waals surface area contributed by atoms with Gasteiger partial charge >= 0.3 is 5.97 Å². The van der Waals surface area contributed by atoms with Crippen molar-refractivity contribution in [1.29, 1.82) is 0 Å². The molecule has 0 saturated carbocycles. The van der Waals surface area contributed by atoms with Crippen molar-refractivity contribution in [3.05, 3.63) is 10.6 Å². The lowest BCUT2D eigenvalue weighted by molar-refractivity contribution is -0.142. The molecule has 1 rings (SSSR count). The second kappa shape index (κ2) is 5.30. The van der Waals surface area contributed by atoms with Crippen molar-refractivity contribution in [2.24, 2.45) is 5.92 Å². The van der Waals surface area contributed by atoms with Gasteiger partial charge in [-0.2, -0.15) is 0 Å². The van der Waals surface area contributed by atoms with E-state index in [1.54, 1.807) is 11.3 Å². The van der Waals surface area contributed by atoms with E-state index in [1.165, 1.54) is 7.11 Å². The van der Waals surface area contributed by atoms with Gasteiger partial charge in [0.15, 0.2) is 5.13 Å². The maximum absolute atomic E-state index is 11.5. The van der Waals surface area contributed by atoms with Crippen molar-refractivity contribution in [2.45, 2.75) is 33.7 Å². The average Bonchev–Trinajstić information content (AvgIpc) is 2.53. The zero-order chi connectivity index (χ0) is 12.3. The van der Waals surface area contributed by atoms with Crippen molar-refractivity contribution in [2.75, 3.05) is 12.4 Å². The van der Waals surface area contributed by atoms with E-state index in [0.29, 0.717) is 0 Å². The van der Waals surface area contributed by atoms with Gasteiger partial charge in [0.05, 0.1) is 12.8 Å². The monoisotopic (exact) mass is 242 g/mol. The number of carbonyl (C=O) groups excluding carboxylic acids is 1. The van der Waals surface area contributed by atoms with Crippen molar-refractivity contribution in [3.63, 3.8) is 0 Å². The number of aryl methyl sites for hydroxylation is 2. The summed E-state index contributed by atoms with van der Waals surface area (Å²) >= 11 is 1.56. The first kappa shape index (κ1) is 13.0. The standard InChI is InChI=1S/C11H18N2O2S/c1-6(2)9(10(14)15-5)13-11-12-7(3)8(4)16-11/h6,9H,1-5H3,(H,12,13). The molecule has 0 aliphatic heterocycles. The number of ether oxygens (including phenoxy) is 1. The Morgan fingerprint density at radius 3 is 2.44 bits per heavy atom. The van der Waals surface area contributed by atoms with Crippen molar-refractivity contribution >= 4 is 22.4 Å². The minimum Gasteiger partial charge on any atom is -0.467 e. The molecule has 1 aromatic rings. The van der Waals surface area contributed by atoms with Crippen LogP contribution in [-0.4, -0.2) is 24.1 Å². The van der Waals surface area contributed by atoms with E-state index in [-0.39, 0.29) is 17.9 Å². The lowest BCUT2D eigenvalue weighted by atomic mass is 10.1. The van der Waals surface area contributed by atoms with Gasteiger partial charge in [0, 0.05) is 4.88 Å². The molecule has 0 fully saturated rings. The van der Waals surface area contributed by atoms with Gasteiger partial charge in [-0.15, -0.1) is 11.3 Å². The number of rotatable bonds is 4. The highest BCUT2D eigenvalue weighted by Crippen LogP contribution is 2.23. The van der Waals surface area contributed by atoms with Crippen LogP contribution in [0.2, 0.25) is 0 Å². The molecule has 0 aliphatic rings. The number of aromatic nitrogens is 1. The Morgan fingerprint density at radius 1 is 1.44 bits per heavy atom. The van der Waals surface area contributed by atoms with Gasteiger partial charge in [0.2, 0.25) is 0 Å². The Balaban J connectivity index is 2.79. The molecule has 0 aliphatic carbocycles. The van der Waals surface area contributed by atoms with Gasteiger partial charge in [0.1, 0.15) is 6.04 Å². The number of carbonyl (C=O) groups is 1. The molecule has 0 aromatic carbocycles. The summed E-state index contributed by atoms with van der Waals surface area (Å²) in [6.07, 6.45) is 0. The molecule has 4 nitrogen and oxygen atoms in total. The Bertz CT molecular complexity index is 355. The molecule has 1 heterocycles. The number of esters is 1. The molecule has 0 bridgehead atoms. The Labute approximate surface area is 100 Å². The van der Waals surface area contributed by atoms with Crippen molar-refractivity contribution in [1.82, 2.24) is 4.98 Å². The van der Waals surface area contributed by atoms with Crippen LogP contribution >= 0.6 is 11.3 Å². The van der Waals surface area contributed by atoms with E-state index < -0.39 is 0 Å². The fraction of sp³-hybridized carbons (Fsp3) is 0.636. The molecule has 0 spiro atoms. The van der Waals surface area contributed by atoms with Crippen molar-refractivity contribution in [3.8, 4) is 0 Å². The predicted molar refractivity (Wildman–Crippen MR) is 65.9 cm³/mol. The van der Waals surface area contributed by atoms with E-state index >= 15 is 0 Å². The summed E-state index contributed by atoms with van der Waals surface area (Å²) in [4.78, 5) is 17.1. The summed E-state index contributed by atoms with van der Waals surface area (Å²) < 4.78 is 4.76. The minimum absolute atomic E-state index is 0.164. The Hall–Kier alpha value is -1.10. The van der Waals surface area contributed by atoms with Crippen LogP contribution in [0, 0.1) is 19.8 Å². The molecule has 1 N–H and O–H groups in total. The number of hydrogen-bond acceptors (Lipinski definition) is 5. The van der Waals surface area contributed by atoms with Crippen LogP contribution in [-0.2, 0) is 9.53 Å². The topological polar surface area (TPSA) is 51.2 Å². The zero-order valence-electron chi connectivity index (χ0n) is 10.3. The fourth-order valence-electron chi connectivity index (χ4n) is 1.29. The molecule has 16 heavy (non-hydrogen) atoms. The summed E-state index contributed by atoms with van der Waals surface area (Å²) in [5.74, 6) is -0.0857. The number of hydrogen-bond donors (Lipinski definition) is 1. The van der Waals surface area contributed by atoms with Gasteiger partial charge in [-0.05, 0) is 19.8 Å². The van der Waals surface area contributed by atoms with Crippen LogP contribution in [0.3, 0.4) is 0 Å². The second-order valence-corrected chi connectivity index (χ2v) is 5.25. The summed E-state index contributed by atoms with van der Waals surface area (Å²) in [6.45, 7) is 7.92. The fourth-order valence-corrected chi connectivity index (χ4v) is 2.14. The smallest absolute Gasteiger partial charge is 0.328 e. The number of nitrogens with zero attached hydrogens (tertiary/aromatic N) is 1. The highest BCUT2D eigenvalue weighted by molar-refractivity contribution is 7.15. The third kappa shape index (κ3) is 2.95. The third-order valence-corrected chi connectivity index (χ3v) is 3.43. The summed E-state index contributed by atoms with van der Waals surface area (Å²) in [6, 6.07) is -0.338. The SMILES string of the molecule is COC(=O)C(Nc1nc(C)c(C)s1)C(C)C. The van der Waals surface area contributed by atoms with Crippen LogP contribution in [0.4, 0.5) is 5.13 Å². The molecule has 5 heteroatoms. The van der Waals surface area contributed by atoms with E-state index in [4.69, 9.17) is 4.74 Å². The summed E-state index contributed by atoms with van der Waals surface area (Å²) in [5.41, 5.74) is 1.000. The summed E-state index contributed by atoms with van der Waals surface area (Å²) in [7, 11) is 1.40. The van der Waals surface area contributed by atoms with Crippen LogP contribution < -0.4 is 5.32 Å². The molecule has 0 saturated heterocycles. The van der Waals surface area contributed by atoms with Crippen LogP contribution in [0.15, 0.2) is 0 Å². The first-order chi connectivity index (χ1) is 7.45. The van der Waals surface area contributed by atoms with E-state index in [2.05, 4.69) is 10.3 Å². The lowest BCUT2D eigenvalue weighted by Gasteiger charge is -2.18. The maximum Gasteiger partial charge on any atom is 0.328 e. The number of nitrogens with one attached hydrogen (secondary N) is 1. The maximum atomic E-state index is 11.5. The van der Waals surface area contributed by atoms with Crippen LogP contribution in [0.25, 0.3) is 0 Å². The Kier molecular flexibility index (Phi) is 4.29. The highest BCUT2D eigenvalue weighted by atomic mass is 32.1. The molecule has 0 radical (unpaired) electrons.